The standard InChI is InChI=1S/C11H21N3O2/c15-11(10-8-12-9-10)13-2-1-3-14-4-6-16-7-5-14/h10,12H,1-9H2,(H,13,15). The Hall–Kier alpha value is -0.650. The summed E-state index contributed by atoms with van der Waals surface area (Å²) in [5.41, 5.74) is 0. The second-order valence-corrected chi connectivity index (χ2v) is 4.45. The van der Waals surface area contributed by atoms with Crippen LogP contribution in [-0.4, -0.2) is 63.3 Å². The van der Waals surface area contributed by atoms with Gasteiger partial charge in [0, 0.05) is 32.7 Å². The van der Waals surface area contributed by atoms with E-state index in [9.17, 15) is 4.79 Å². The summed E-state index contributed by atoms with van der Waals surface area (Å²) in [5, 5.41) is 6.09. The van der Waals surface area contributed by atoms with E-state index in [0.717, 1.165) is 58.9 Å². The van der Waals surface area contributed by atoms with Crippen LogP contribution in [0.4, 0.5) is 0 Å². The van der Waals surface area contributed by atoms with Crippen molar-refractivity contribution in [3.8, 4) is 0 Å². The predicted octanol–water partition coefficient (Wildman–Crippen LogP) is -0.956. The number of hydrogen-bond donors (Lipinski definition) is 2. The molecule has 0 aromatic heterocycles. The molecule has 2 heterocycles. The highest BCUT2D eigenvalue weighted by molar-refractivity contribution is 5.79. The van der Waals surface area contributed by atoms with Crippen LogP contribution in [0, 0.1) is 5.92 Å². The first-order chi connectivity index (χ1) is 7.86. The van der Waals surface area contributed by atoms with E-state index >= 15 is 0 Å². The van der Waals surface area contributed by atoms with E-state index in [2.05, 4.69) is 15.5 Å². The molecule has 2 N–H and O–H groups in total. The van der Waals surface area contributed by atoms with Crippen molar-refractivity contribution in [1.82, 2.24) is 15.5 Å². The van der Waals surface area contributed by atoms with Crippen molar-refractivity contribution in [1.29, 1.82) is 0 Å². The molecule has 0 spiro atoms. The molecule has 16 heavy (non-hydrogen) atoms. The first-order valence-electron chi connectivity index (χ1n) is 6.15. The summed E-state index contributed by atoms with van der Waals surface area (Å²) in [4.78, 5) is 13.9. The molecule has 0 aliphatic carbocycles. The fourth-order valence-electron chi connectivity index (χ4n) is 1.96. The Balaban J connectivity index is 1.49. The maximum atomic E-state index is 11.5. The lowest BCUT2D eigenvalue weighted by molar-refractivity contribution is -0.126. The molecule has 92 valence electrons. The zero-order valence-electron chi connectivity index (χ0n) is 9.71. The van der Waals surface area contributed by atoms with Gasteiger partial charge in [-0.25, -0.2) is 0 Å². The van der Waals surface area contributed by atoms with E-state index in [1.807, 2.05) is 0 Å². The Bertz CT molecular complexity index is 225. The number of amides is 1. The molecular formula is C11H21N3O2. The molecule has 2 saturated heterocycles. The third kappa shape index (κ3) is 3.43. The minimum Gasteiger partial charge on any atom is -0.379 e. The highest BCUT2D eigenvalue weighted by Crippen LogP contribution is 2.02. The van der Waals surface area contributed by atoms with E-state index in [4.69, 9.17) is 4.74 Å². The van der Waals surface area contributed by atoms with Crippen molar-refractivity contribution in [3.63, 3.8) is 0 Å². The van der Waals surface area contributed by atoms with Crippen molar-refractivity contribution in [3.05, 3.63) is 0 Å². The third-order valence-electron chi connectivity index (χ3n) is 3.21. The number of hydrogen-bond acceptors (Lipinski definition) is 4. The molecule has 2 aliphatic heterocycles. The summed E-state index contributed by atoms with van der Waals surface area (Å²) in [6.45, 7) is 7.30. The Labute approximate surface area is 96.5 Å². The van der Waals surface area contributed by atoms with Crippen LogP contribution in [-0.2, 0) is 9.53 Å². The molecule has 2 fully saturated rings. The number of ether oxygens (including phenoxy) is 1. The summed E-state index contributed by atoms with van der Waals surface area (Å²) in [6, 6.07) is 0. The van der Waals surface area contributed by atoms with Crippen LogP contribution in [0.15, 0.2) is 0 Å². The molecular weight excluding hydrogens is 206 g/mol. The number of carbonyl (C=O) groups is 1. The molecule has 1 amide bonds. The van der Waals surface area contributed by atoms with Crippen molar-refractivity contribution in [2.24, 2.45) is 5.92 Å². The number of rotatable bonds is 5. The van der Waals surface area contributed by atoms with Gasteiger partial charge in [0.15, 0.2) is 0 Å². The van der Waals surface area contributed by atoms with Gasteiger partial charge in [0.2, 0.25) is 5.91 Å². The number of nitrogens with zero attached hydrogens (tertiary/aromatic N) is 1. The van der Waals surface area contributed by atoms with E-state index in [-0.39, 0.29) is 11.8 Å². The first kappa shape index (κ1) is 11.8. The lowest BCUT2D eigenvalue weighted by atomic mass is 10.0. The van der Waals surface area contributed by atoms with Gasteiger partial charge in [0.05, 0.1) is 19.1 Å². The molecule has 5 heteroatoms. The third-order valence-corrected chi connectivity index (χ3v) is 3.21. The number of morpholine rings is 1. The Morgan fingerprint density at radius 3 is 2.75 bits per heavy atom. The summed E-state index contributed by atoms with van der Waals surface area (Å²) < 4.78 is 5.28. The smallest absolute Gasteiger partial charge is 0.225 e. The molecule has 0 bridgehead atoms. The normalized spacial score (nSPS) is 22.8. The SMILES string of the molecule is O=C(NCCCN1CCOCC1)C1CNC1. The lowest BCUT2D eigenvalue weighted by Crippen LogP contribution is -2.51. The second-order valence-electron chi connectivity index (χ2n) is 4.45. The van der Waals surface area contributed by atoms with Crippen molar-refractivity contribution in [2.75, 3.05) is 52.5 Å². The molecule has 2 aliphatic rings. The van der Waals surface area contributed by atoms with Crippen LogP contribution in [0.25, 0.3) is 0 Å². The van der Waals surface area contributed by atoms with Gasteiger partial charge in [0.1, 0.15) is 0 Å². The van der Waals surface area contributed by atoms with E-state index in [1.165, 1.54) is 0 Å². The Morgan fingerprint density at radius 1 is 1.38 bits per heavy atom. The summed E-state index contributed by atoms with van der Waals surface area (Å²) in [6.07, 6.45) is 1.03. The zero-order chi connectivity index (χ0) is 11.2. The van der Waals surface area contributed by atoms with Crippen LogP contribution in [0.5, 0.6) is 0 Å². The molecule has 0 aromatic rings. The van der Waals surface area contributed by atoms with Gasteiger partial charge in [0.25, 0.3) is 0 Å². The summed E-state index contributed by atoms with van der Waals surface area (Å²) in [5.74, 6) is 0.420. The topological polar surface area (TPSA) is 53.6 Å². The molecule has 0 unspecified atom stereocenters. The largest absolute Gasteiger partial charge is 0.379 e. The van der Waals surface area contributed by atoms with Gasteiger partial charge in [-0.3, -0.25) is 9.69 Å². The predicted molar refractivity (Wildman–Crippen MR) is 61.2 cm³/mol. The van der Waals surface area contributed by atoms with Crippen molar-refractivity contribution < 1.29 is 9.53 Å². The Morgan fingerprint density at radius 2 is 2.12 bits per heavy atom. The minimum atomic E-state index is 0.209. The summed E-state index contributed by atoms with van der Waals surface area (Å²) in [7, 11) is 0. The number of nitrogens with one attached hydrogen (secondary N) is 2. The highest BCUT2D eigenvalue weighted by Gasteiger charge is 2.24. The highest BCUT2D eigenvalue weighted by atomic mass is 16.5. The molecule has 0 aromatic carbocycles. The van der Waals surface area contributed by atoms with Gasteiger partial charge >= 0.3 is 0 Å². The molecule has 2 rings (SSSR count). The molecule has 0 atom stereocenters. The van der Waals surface area contributed by atoms with Crippen LogP contribution >= 0.6 is 0 Å². The van der Waals surface area contributed by atoms with Gasteiger partial charge in [-0.2, -0.15) is 0 Å². The monoisotopic (exact) mass is 227 g/mol. The van der Waals surface area contributed by atoms with E-state index < -0.39 is 0 Å². The molecule has 5 nitrogen and oxygen atoms in total. The fraction of sp³-hybridized carbons (Fsp3) is 0.909. The molecule has 0 radical (unpaired) electrons. The number of carbonyl (C=O) groups excluding carboxylic acids is 1. The van der Waals surface area contributed by atoms with Crippen LogP contribution in [0.2, 0.25) is 0 Å². The second kappa shape index (κ2) is 6.18. The van der Waals surface area contributed by atoms with Gasteiger partial charge in [-0.05, 0) is 13.0 Å². The minimum absolute atomic E-state index is 0.209. The maximum absolute atomic E-state index is 11.5. The van der Waals surface area contributed by atoms with Gasteiger partial charge < -0.3 is 15.4 Å². The van der Waals surface area contributed by atoms with Crippen molar-refractivity contribution >= 4 is 5.91 Å². The van der Waals surface area contributed by atoms with Crippen LogP contribution in [0.1, 0.15) is 6.42 Å². The first-order valence-corrected chi connectivity index (χ1v) is 6.15. The van der Waals surface area contributed by atoms with Gasteiger partial charge in [-0.1, -0.05) is 0 Å². The van der Waals surface area contributed by atoms with Crippen LogP contribution in [0.3, 0.4) is 0 Å². The summed E-state index contributed by atoms with van der Waals surface area (Å²) >= 11 is 0. The van der Waals surface area contributed by atoms with E-state index in [0.29, 0.717) is 0 Å². The van der Waals surface area contributed by atoms with E-state index in [1.54, 1.807) is 0 Å². The Kier molecular flexibility index (Phi) is 4.56. The maximum Gasteiger partial charge on any atom is 0.225 e. The fourth-order valence-corrected chi connectivity index (χ4v) is 1.96. The van der Waals surface area contributed by atoms with Crippen molar-refractivity contribution in [2.45, 2.75) is 6.42 Å². The average molecular weight is 227 g/mol. The lowest BCUT2D eigenvalue weighted by Gasteiger charge is -2.27. The quantitative estimate of drug-likeness (QED) is 0.594. The van der Waals surface area contributed by atoms with Gasteiger partial charge in [-0.15, -0.1) is 0 Å². The molecule has 0 saturated carbocycles. The average Bonchev–Trinajstić information content (AvgIpc) is 2.23. The van der Waals surface area contributed by atoms with Crippen LogP contribution < -0.4 is 10.6 Å². The zero-order valence-corrected chi connectivity index (χ0v) is 9.71.